The van der Waals surface area contributed by atoms with Crippen LogP contribution >= 0.6 is 0 Å². The van der Waals surface area contributed by atoms with Gasteiger partial charge in [0, 0.05) is 44.0 Å². The van der Waals surface area contributed by atoms with E-state index in [0.29, 0.717) is 12.6 Å². The smallest absolute Gasteiger partial charge is 0.191 e. The summed E-state index contributed by atoms with van der Waals surface area (Å²) in [6.45, 7) is 2.73. The minimum absolute atomic E-state index is 0.393. The second kappa shape index (κ2) is 8.42. The number of nitrogens with one attached hydrogen (secondary N) is 2. The van der Waals surface area contributed by atoms with Crippen molar-refractivity contribution in [3.63, 3.8) is 0 Å². The molecule has 0 radical (unpaired) electrons. The molecule has 132 valence electrons. The molecule has 2 aromatic rings. The summed E-state index contributed by atoms with van der Waals surface area (Å²) in [5, 5.41) is 6.91. The van der Waals surface area contributed by atoms with E-state index in [2.05, 4.69) is 56.9 Å². The fourth-order valence-corrected chi connectivity index (χ4v) is 3.17. The third-order valence-corrected chi connectivity index (χ3v) is 4.51. The Labute approximate surface area is 149 Å². The number of rotatable bonds is 5. The Morgan fingerprint density at radius 1 is 1.16 bits per heavy atom. The Morgan fingerprint density at radius 2 is 1.92 bits per heavy atom. The van der Waals surface area contributed by atoms with Crippen LogP contribution in [0, 0.1) is 0 Å². The SMILES string of the molecule is CN=C(NCc1ccccc1OC)NC1CCN(c2ccccc2)C1. The Balaban J connectivity index is 1.53. The van der Waals surface area contributed by atoms with Crippen LogP contribution in [-0.2, 0) is 6.54 Å². The summed E-state index contributed by atoms with van der Waals surface area (Å²) in [6.07, 6.45) is 1.10. The molecule has 2 aromatic carbocycles. The maximum absolute atomic E-state index is 5.40. The van der Waals surface area contributed by atoms with Gasteiger partial charge < -0.3 is 20.3 Å². The maximum Gasteiger partial charge on any atom is 0.191 e. The summed E-state index contributed by atoms with van der Waals surface area (Å²) in [6, 6.07) is 19.0. The first-order valence-corrected chi connectivity index (χ1v) is 8.69. The zero-order valence-electron chi connectivity index (χ0n) is 14.9. The van der Waals surface area contributed by atoms with Crippen molar-refractivity contribution in [1.29, 1.82) is 0 Å². The molecular weight excluding hydrogens is 312 g/mol. The first-order valence-electron chi connectivity index (χ1n) is 8.69. The van der Waals surface area contributed by atoms with Crippen LogP contribution in [-0.4, -0.2) is 39.2 Å². The van der Waals surface area contributed by atoms with Crippen LogP contribution in [0.2, 0.25) is 0 Å². The van der Waals surface area contributed by atoms with Gasteiger partial charge in [-0.05, 0) is 24.6 Å². The Bertz CT molecular complexity index is 702. The van der Waals surface area contributed by atoms with Gasteiger partial charge in [0.25, 0.3) is 0 Å². The average Bonchev–Trinajstić information content (AvgIpc) is 3.14. The summed E-state index contributed by atoms with van der Waals surface area (Å²) in [5.74, 6) is 1.72. The quantitative estimate of drug-likeness (QED) is 0.650. The number of benzene rings is 2. The highest BCUT2D eigenvalue weighted by molar-refractivity contribution is 5.80. The third kappa shape index (κ3) is 4.44. The van der Waals surface area contributed by atoms with E-state index in [-0.39, 0.29) is 0 Å². The molecule has 1 atom stereocenters. The Kier molecular flexibility index (Phi) is 5.77. The summed E-state index contributed by atoms with van der Waals surface area (Å²) in [7, 11) is 3.50. The van der Waals surface area contributed by atoms with Gasteiger partial charge in [0.2, 0.25) is 0 Å². The normalized spacial score (nSPS) is 17.4. The monoisotopic (exact) mass is 338 g/mol. The summed E-state index contributed by atoms with van der Waals surface area (Å²) < 4.78 is 5.40. The fraction of sp³-hybridized carbons (Fsp3) is 0.350. The fourth-order valence-electron chi connectivity index (χ4n) is 3.17. The molecule has 0 saturated carbocycles. The van der Waals surface area contributed by atoms with Crippen LogP contribution in [0.25, 0.3) is 0 Å². The highest BCUT2D eigenvalue weighted by Crippen LogP contribution is 2.20. The molecule has 0 bridgehead atoms. The molecule has 0 aromatic heterocycles. The number of nitrogens with zero attached hydrogens (tertiary/aromatic N) is 2. The molecule has 1 aliphatic rings. The predicted octanol–water partition coefficient (Wildman–Crippen LogP) is 2.64. The molecule has 1 unspecified atom stereocenters. The number of guanidine groups is 1. The van der Waals surface area contributed by atoms with Crippen LogP contribution < -0.4 is 20.3 Å². The van der Waals surface area contributed by atoms with Crippen molar-refractivity contribution in [2.75, 3.05) is 32.1 Å². The van der Waals surface area contributed by atoms with E-state index in [1.54, 1.807) is 7.11 Å². The second-order valence-corrected chi connectivity index (χ2v) is 6.15. The Morgan fingerprint density at radius 3 is 2.68 bits per heavy atom. The molecule has 0 amide bonds. The van der Waals surface area contributed by atoms with Gasteiger partial charge in [0.15, 0.2) is 5.96 Å². The number of aliphatic imine (C=N–C) groups is 1. The Hall–Kier alpha value is -2.69. The minimum atomic E-state index is 0.393. The molecule has 3 rings (SSSR count). The molecule has 2 N–H and O–H groups in total. The standard InChI is InChI=1S/C20H26N4O/c1-21-20(22-14-16-8-6-7-11-19(16)25-2)23-17-12-13-24(15-17)18-9-4-3-5-10-18/h3-11,17H,12-15H2,1-2H3,(H2,21,22,23). The highest BCUT2D eigenvalue weighted by Gasteiger charge is 2.23. The van der Waals surface area contributed by atoms with Crippen molar-refractivity contribution >= 4 is 11.6 Å². The van der Waals surface area contributed by atoms with Crippen molar-refractivity contribution in [3.8, 4) is 5.75 Å². The van der Waals surface area contributed by atoms with Crippen molar-refractivity contribution in [2.24, 2.45) is 4.99 Å². The number of hydrogen-bond acceptors (Lipinski definition) is 3. The number of methoxy groups -OCH3 is 1. The molecule has 0 spiro atoms. The predicted molar refractivity (Wildman–Crippen MR) is 103 cm³/mol. The number of ether oxygens (including phenoxy) is 1. The van der Waals surface area contributed by atoms with E-state index in [4.69, 9.17) is 4.74 Å². The maximum atomic E-state index is 5.40. The summed E-state index contributed by atoms with van der Waals surface area (Å²) in [4.78, 5) is 6.76. The first kappa shape index (κ1) is 17.1. The number of hydrogen-bond donors (Lipinski definition) is 2. The zero-order valence-corrected chi connectivity index (χ0v) is 14.9. The van der Waals surface area contributed by atoms with Gasteiger partial charge in [-0.2, -0.15) is 0 Å². The van der Waals surface area contributed by atoms with E-state index in [1.807, 2.05) is 25.2 Å². The van der Waals surface area contributed by atoms with Crippen LogP contribution in [0.4, 0.5) is 5.69 Å². The van der Waals surface area contributed by atoms with Crippen molar-refractivity contribution in [1.82, 2.24) is 10.6 Å². The lowest BCUT2D eigenvalue weighted by atomic mass is 10.2. The zero-order chi connectivity index (χ0) is 17.5. The van der Waals surface area contributed by atoms with Gasteiger partial charge in [-0.1, -0.05) is 36.4 Å². The molecule has 5 nitrogen and oxygen atoms in total. The molecule has 0 aliphatic carbocycles. The van der Waals surface area contributed by atoms with Gasteiger partial charge in [-0.25, -0.2) is 0 Å². The molecule has 1 fully saturated rings. The number of para-hydroxylation sites is 2. The summed E-state index contributed by atoms with van der Waals surface area (Å²) >= 11 is 0. The van der Waals surface area contributed by atoms with Crippen LogP contribution in [0.3, 0.4) is 0 Å². The van der Waals surface area contributed by atoms with Crippen LogP contribution in [0.1, 0.15) is 12.0 Å². The molecular formula is C20H26N4O. The third-order valence-electron chi connectivity index (χ3n) is 4.51. The lowest BCUT2D eigenvalue weighted by Crippen LogP contribution is -2.44. The van der Waals surface area contributed by atoms with Gasteiger partial charge >= 0.3 is 0 Å². The average molecular weight is 338 g/mol. The van der Waals surface area contributed by atoms with Gasteiger partial charge in [0.05, 0.1) is 7.11 Å². The molecule has 25 heavy (non-hydrogen) atoms. The van der Waals surface area contributed by atoms with E-state index < -0.39 is 0 Å². The van der Waals surface area contributed by atoms with Crippen LogP contribution in [0.15, 0.2) is 59.6 Å². The van der Waals surface area contributed by atoms with E-state index in [9.17, 15) is 0 Å². The molecule has 5 heteroatoms. The van der Waals surface area contributed by atoms with E-state index in [1.165, 1.54) is 5.69 Å². The van der Waals surface area contributed by atoms with Crippen molar-refractivity contribution < 1.29 is 4.74 Å². The van der Waals surface area contributed by atoms with Gasteiger partial charge in [0.1, 0.15) is 5.75 Å². The largest absolute Gasteiger partial charge is 0.496 e. The van der Waals surface area contributed by atoms with E-state index >= 15 is 0 Å². The van der Waals surface area contributed by atoms with Gasteiger partial charge in [-0.15, -0.1) is 0 Å². The van der Waals surface area contributed by atoms with Gasteiger partial charge in [-0.3, -0.25) is 4.99 Å². The van der Waals surface area contributed by atoms with E-state index in [0.717, 1.165) is 36.8 Å². The van der Waals surface area contributed by atoms with Crippen molar-refractivity contribution in [3.05, 3.63) is 60.2 Å². The lowest BCUT2D eigenvalue weighted by Gasteiger charge is -2.20. The molecule has 1 heterocycles. The van der Waals surface area contributed by atoms with Crippen LogP contribution in [0.5, 0.6) is 5.75 Å². The second-order valence-electron chi connectivity index (χ2n) is 6.15. The highest BCUT2D eigenvalue weighted by atomic mass is 16.5. The van der Waals surface area contributed by atoms with Crippen molar-refractivity contribution in [2.45, 2.75) is 19.0 Å². The molecule has 1 aliphatic heterocycles. The topological polar surface area (TPSA) is 48.9 Å². The number of anilines is 1. The minimum Gasteiger partial charge on any atom is -0.496 e. The molecule has 1 saturated heterocycles. The first-order chi connectivity index (χ1) is 12.3. The summed E-state index contributed by atoms with van der Waals surface area (Å²) in [5.41, 5.74) is 2.40. The lowest BCUT2D eigenvalue weighted by molar-refractivity contribution is 0.409.